The molecule has 0 unspecified atom stereocenters. The smallest absolute Gasteiger partial charge is 0.251 e. The van der Waals surface area contributed by atoms with Crippen LogP contribution in [0.2, 0.25) is 0 Å². The van der Waals surface area contributed by atoms with Gasteiger partial charge in [-0.1, -0.05) is 48.6 Å². The molecule has 0 saturated carbocycles. The Morgan fingerprint density at radius 1 is 0.677 bits per heavy atom. The molecule has 13 nitrogen and oxygen atoms in total. The maximum Gasteiger partial charge on any atom is 0.251 e. The Morgan fingerprint density at radius 3 is 1.97 bits per heavy atom. The number of nitrogens with zero attached hydrogens (tertiary/aromatic N) is 5. The molecule has 4 aromatic carbocycles. The molecule has 2 heterocycles. The van der Waals surface area contributed by atoms with Crippen LogP contribution in [0.25, 0.3) is 0 Å². The molecule has 2 aliphatic heterocycles. The number of rotatable bonds is 23. The van der Waals surface area contributed by atoms with Gasteiger partial charge in [0.2, 0.25) is 11.8 Å². The molecule has 0 atom stereocenters. The van der Waals surface area contributed by atoms with Crippen molar-refractivity contribution in [2.75, 3.05) is 95.3 Å². The van der Waals surface area contributed by atoms with Crippen molar-refractivity contribution >= 4 is 40.5 Å². The normalized spacial score (nSPS) is 13.6. The van der Waals surface area contributed by atoms with Gasteiger partial charge >= 0.3 is 0 Å². The number of nitrogens with one attached hydrogen (secondary N) is 2. The molecule has 326 valence electrons. The van der Waals surface area contributed by atoms with Crippen molar-refractivity contribution in [3.63, 3.8) is 0 Å². The summed E-state index contributed by atoms with van der Waals surface area (Å²) in [5.74, 6) is 5.87. The topological polar surface area (TPSA) is 137 Å². The summed E-state index contributed by atoms with van der Waals surface area (Å²) in [7, 11) is 0. The molecule has 0 spiro atoms. The molecule has 62 heavy (non-hydrogen) atoms. The molecule has 0 aromatic heterocycles. The lowest BCUT2D eigenvalue weighted by Gasteiger charge is -2.30. The van der Waals surface area contributed by atoms with Crippen LogP contribution in [-0.2, 0) is 30.3 Å². The Labute approximate surface area is 365 Å². The maximum absolute atomic E-state index is 13.3. The number of likely N-dealkylation sites (tertiary alicyclic amines) is 1. The number of ether oxygens (including phenoxy) is 3. The molecule has 1 fully saturated rings. The fourth-order valence-electron chi connectivity index (χ4n) is 7.23. The molecule has 2 aliphatic rings. The summed E-state index contributed by atoms with van der Waals surface area (Å²) in [5.41, 5.74) is 6.55. The highest BCUT2D eigenvalue weighted by atomic mass is 16.5. The van der Waals surface area contributed by atoms with E-state index >= 15 is 0 Å². The number of anilines is 2. The zero-order valence-electron chi connectivity index (χ0n) is 35.9. The first-order chi connectivity index (χ1) is 30.5. The lowest BCUT2D eigenvalue weighted by Crippen LogP contribution is -2.37. The third-order valence-corrected chi connectivity index (χ3v) is 10.7. The first kappa shape index (κ1) is 45.6. The van der Waals surface area contributed by atoms with Gasteiger partial charge in [-0.2, -0.15) is 10.2 Å². The monoisotopic (exact) mass is 841 g/mol. The van der Waals surface area contributed by atoms with Crippen molar-refractivity contribution in [2.45, 2.75) is 45.6 Å². The van der Waals surface area contributed by atoms with E-state index in [1.165, 1.54) is 38.0 Å². The van der Waals surface area contributed by atoms with Gasteiger partial charge in [0, 0.05) is 67.9 Å². The molecule has 0 aliphatic carbocycles. The SMILES string of the molecule is CCN(CCN1CCCCC1)c1ccc(N=Nc2ccc(C(=O)NCCOCCOCCOCCNC(=O)CCC(=O)N3Cc4ccccc4C#Cc4ccccc43)cc2)cc1. The fraction of sp³-hybridized carbons (Fsp3) is 0.408. The molecule has 13 heteroatoms. The minimum absolute atomic E-state index is 0.0758. The number of amides is 3. The zero-order chi connectivity index (χ0) is 43.2. The largest absolute Gasteiger partial charge is 0.377 e. The molecule has 3 amide bonds. The van der Waals surface area contributed by atoms with Crippen molar-refractivity contribution in [3.8, 4) is 11.8 Å². The van der Waals surface area contributed by atoms with E-state index in [0.29, 0.717) is 70.5 Å². The van der Waals surface area contributed by atoms with Crippen LogP contribution in [0.1, 0.15) is 66.1 Å². The number of piperidine rings is 1. The minimum atomic E-state index is -0.211. The fourth-order valence-corrected chi connectivity index (χ4v) is 7.23. The van der Waals surface area contributed by atoms with Gasteiger partial charge in [-0.05, 0) is 105 Å². The molecular formula is C49H59N7O6. The molecular weight excluding hydrogens is 783 g/mol. The van der Waals surface area contributed by atoms with Crippen molar-refractivity contribution in [3.05, 3.63) is 119 Å². The van der Waals surface area contributed by atoms with Crippen LogP contribution < -0.4 is 20.4 Å². The van der Waals surface area contributed by atoms with Crippen LogP contribution in [0, 0.1) is 11.8 Å². The van der Waals surface area contributed by atoms with E-state index in [4.69, 9.17) is 14.2 Å². The van der Waals surface area contributed by atoms with E-state index in [1.54, 1.807) is 29.2 Å². The highest BCUT2D eigenvalue weighted by Crippen LogP contribution is 2.27. The van der Waals surface area contributed by atoms with E-state index in [1.807, 2.05) is 60.7 Å². The lowest BCUT2D eigenvalue weighted by atomic mass is 10.0. The van der Waals surface area contributed by atoms with Crippen LogP contribution >= 0.6 is 0 Å². The van der Waals surface area contributed by atoms with Gasteiger partial charge in [-0.3, -0.25) is 14.4 Å². The third-order valence-electron chi connectivity index (χ3n) is 10.7. The number of hydrogen-bond acceptors (Lipinski definition) is 10. The number of fused-ring (bicyclic) bond motifs is 2. The lowest BCUT2D eigenvalue weighted by molar-refractivity contribution is -0.125. The Morgan fingerprint density at radius 2 is 1.27 bits per heavy atom. The predicted octanol–water partition coefficient (Wildman–Crippen LogP) is 7.04. The minimum Gasteiger partial charge on any atom is -0.377 e. The molecule has 4 aromatic rings. The summed E-state index contributed by atoms with van der Waals surface area (Å²) in [6.07, 6.45) is 4.12. The van der Waals surface area contributed by atoms with E-state index in [9.17, 15) is 14.4 Å². The highest BCUT2D eigenvalue weighted by Gasteiger charge is 2.22. The zero-order valence-corrected chi connectivity index (χ0v) is 35.9. The number of para-hydroxylation sites is 1. The molecule has 0 radical (unpaired) electrons. The summed E-state index contributed by atoms with van der Waals surface area (Å²) in [6.45, 7) is 11.0. The number of benzene rings is 4. The molecule has 6 rings (SSSR count). The average Bonchev–Trinajstić information content (AvgIpc) is 3.30. The van der Waals surface area contributed by atoms with E-state index in [0.717, 1.165) is 47.7 Å². The molecule has 0 bridgehead atoms. The Bertz CT molecular complexity index is 2130. The van der Waals surface area contributed by atoms with Crippen molar-refractivity contribution in [2.24, 2.45) is 10.2 Å². The van der Waals surface area contributed by atoms with Gasteiger partial charge in [-0.25, -0.2) is 0 Å². The first-order valence-electron chi connectivity index (χ1n) is 21.8. The van der Waals surface area contributed by atoms with Gasteiger partial charge in [0.25, 0.3) is 5.91 Å². The standard InChI is InChI=1S/C49H59N7O6/c1-2-55(31-30-54-28-8-3-9-29-54)45-22-20-44(21-23-45)53-52-43-18-16-41(17-19-43)49(59)51-27-33-61-35-37-62-36-34-60-32-26-50-47(57)24-25-48(58)56-38-42-12-5-4-10-39(42)14-15-40-11-6-7-13-46(40)56/h4-7,10-13,16-23H,2-3,8-9,24-38H2,1H3,(H,50,57)(H,51,59). The number of azo groups is 1. The predicted molar refractivity (Wildman–Crippen MR) is 242 cm³/mol. The second-order valence-electron chi connectivity index (χ2n) is 15.1. The van der Waals surface area contributed by atoms with Crippen LogP contribution in [0.5, 0.6) is 0 Å². The summed E-state index contributed by atoms with van der Waals surface area (Å²) in [5, 5.41) is 14.4. The average molecular weight is 842 g/mol. The van der Waals surface area contributed by atoms with Gasteiger partial charge in [-0.15, -0.1) is 0 Å². The third kappa shape index (κ3) is 14.6. The maximum atomic E-state index is 13.3. The van der Waals surface area contributed by atoms with Crippen LogP contribution in [0.3, 0.4) is 0 Å². The number of hydrogen-bond donors (Lipinski definition) is 2. The Hall–Kier alpha value is -5.91. The van der Waals surface area contributed by atoms with E-state index in [-0.39, 0.29) is 30.6 Å². The highest BCUT2D eigenvalue weighted by molar-refractivity contribution is 5.97. The van der Waals surface area contributed by atoms with Crippen LogP contribution in [0.4, 0.5) is 22.7 Å². The molecule has 2 N–H and O–H groups in total. The van der Waals surface area contributed by atoms with Crippen LogP contribution in [-0.4, -0.2) is 108 Å². The van der Waals surface area contributed by atoms with Gasteiger partial charge in [0.1, 0.15) is 0 Å². The Kier molecular flexibility index (Phi) is 18.5. The molecule has 1 saturated heterocycles. The van der Waals surface area contributed by atoms with Gasteiger partial charge in [0.15, 0.2) is 0 Å². The number of likely N-dealkylation sites (N-methyl/N-ethyl adjacent to an activating group) is 1. The van der Waals surface area contributed by atoms with Gasteiger partial charge < -0.3 is 39.5 Å². The van der Waals surface area contributed by atoms with Crippen molar-refractivity contribution in [1.82, 2.24) is 15.5 Å². The number of carbonyl (C=O) groups is 3. The second kappa shape index (κ2) is 25.1. The first-order valence-corrected chi connectivity index (χ1v) is 21.8. The van der Waals surface area contributed by atoms with Gasteiger partial charge in [0.05, 0.1) is 63.2 Å². The van der Waals surface area contributed by atoms with E-state index in [2.05, 4.69) is 61.6 Å². The quantitative estimate of drug-likeness (QED) is 0.0462. The van der Waals surface area contributed by atoms with Crippen LogP contribution in [0.15, 0.2) is 107 Å². The summed E-state index contributed by atoms with van der Waals surface area (Å²) < 4.78 is 16.7. The Balaban J connectivity index is 0.761. The summed E-state index contributed by atoms with van der Waals surface area (Å²) >= 11 is 0. The van der Waals surface area contributed by atoms with Crippen molar-refractivity contribution < 1.29 is 28.6 Å². The number of carbonyl (C=O) groups excluding carboxylic acids is 3. The van der Waals surface area contributed by atoms with E-state index < -0.39 is 0 Å². The second-order valence-corrected chi connectivity index (χ2v) is 15.1. The summed E-state index contributed by atoms with van der Waals surface area (Å²) in [4.78, 5) is 45.1. The van der Waals surface area contributed by atoms with Crippen molar-refractivity contribution in [1.29, 1.82) is 0 Å². The summed E-state index contributed by atoms with van der Waals surface area (Å²) in [6, 6.07) is 30.6.